The summed E-state index contributed by atoms with van der Waals surface area (Å²) >= 11 is 1.67. The van der Waals surface area contributed by atoms with Crippen molar-refractivity contribution < 1.29 is 4.79 Å². The number of hydrogen-bond donors (Lipinski definition) is 1. The summed E-state index contributed by atoms with van der Waals surface area (Å²) in [6.07, 6.45) is 2.61. The number of aryl methyl sites for hydroxylation is 1. The molecule has 1 N–H and O–H groups in total. The highest BCUT2D eigenvalue weighted by Crippen LogP contribution is 2.35. The molecule has 0 aliphatic heterocycles. The van der Waals surface area contributed by atoms with Crippen molar-refractivity contribution in [3.05, 3.63) is 94.3 Å². The summed E-state index contributed by atoms with van der Waals surface area (Å²) in [6, 6.07) is 20.5. The Morgan fingerprint density at radius 3 is 2.63 bits per heavy atom. The highest BCUT2D eigenvalue weighted by atomic mass is 32.1. The number of amides is 1. The van der Waals surface area contributed by atoms with E-state index in [2.05, 4.69) is 64.2 Å². The average Bonchev–Trinajstić information content (AvgIpc) is 3.34. The molecule has 1 unspecified atom stereocenters. The van der Waals surface area contributed by atoms with Crippen molar-refractivity contribution in [2.45, 2.75) is 18.9 Å². The third-order valence-electron chi connectivity index (χ3n) is 4.97. The van der Waals surface area contributed by atoms with Crippen LogP contribution in [0.2, 0.25) is 0 Å². The van der Waals surface area contributed by atoms with Crippen LogP contribution in [0.15, 0.2) is 77.6 Å². The molecule has 4 heteroatoms. The fraction of sp³-hybridized carbons (Fsp3) is 0.174. The van der Waals surface area contributed by atoms with Gasteiger partial charge >= 0.3 is 0 Å². The van der Waals surface area contributed by atoms with E-state index < -0.39 is 0 Å². The molecule has 2 heterocycles. The van der Waals surface area contributed by atoms with E-state index >= 15 is 0 Å². The minimum atomic E-state index is 0.0538. The first-order valence-electron chi connectivity index (χ1n) is 9.09. The van der Waals surface area contributed by atoms with E-state index in [9.17, 15) is 4.79 Å². The zero-order chi connectivity index (χ0) is 18.6. The Kier molecular flexibility index (Phi) is 5.07. The summed E-state index contributed by atoms with van der Waals surface area (Å²) < 4.78 is 2.14. The lowest BCUT2D eigenvalue weighted by Gasteiger charge is -2.16. The minimum absolute atomic E-state index is 0.0538. The van der Waals surface area contributed by atoms with Gasteiger partial charge in [0.25, 0.3) is 0 Å². The first kappa shape index (κ1) is 17.6. The van der Waals surface area contributed by atoms with E-state index in [4.69, 9.17) is 0 Å². The first-order valence-corrected chi connectivity index (χ1v) is 10.0. The summed E-state index contributed by atoms with van der Waals surface area (Å²) in [5.74, 6) is 0.126. The third-order valence-corrected chi connectivity index (χ3v) is 5.67. The van der Waals surface area contributed by atoms with Crippen LogP contribution in [0.1, 0.15) is 29.0 Å². The molecule has 3 nitrogen and oxygen atoms in total. The van der Waals surface area contributed by atoms with Crippen LogP contribution in [0.4, 0.5) is 0 Å². The van der Waals surface area contributed by atoms with Crippen molar-refractivity contribution in [2.75, 3.05) is 0 Å². The van der Waals surface area contributed by atoms with Crippen LogP contribution in [-0.2, 0) is 18.4 Å². The molecule has 0 spiro atoms. The average molecular weight is 375 g/mol. The van der Waals surface area contributed by atoms with Crippen LogP contribution in [0.3, 0.4) is 0 Å². The van der Waals surface area contributed by atoms with Crippen LogP contribution in [-0.4, -0.2) is 10.5 Å². The van der Waals surface area contributed by atoms with Crippen molar-refractivity contribution >= 4 is 28.1 Å². The van der Waals surface area contributed by atoms with Crippen molar-refractivity contribution in [3.63, 3.8) is 0 Å². The van der Waals surface area contributed by atoms with Gasteiger partial charge in [0.15, 0.2) is 0 Å². The largest absolute Gasteiger partial charge is 0.352 e. The molecule has 4 aromatic rings. The fourth-order valence-corrected chi connectivity index (χ4v) is 4.30. The van der Waals surface area contributed by atoms with E-state index in [1.54, 1.807) is 11.3 Å². The maximum absolute atomic E-state index is 12.7. The molecule has 0 aliphatic carbocycles. The second-order valence-electron chi connectivity index (χ2n) is 6.79. The predicted octanol–water partition coefficient (Wildman–Crippen LogP) is 5.08. The molecule has 0 bridgehead atoms. The van der Waals surface area contributed by atoms with Gasteiger partial charge < -0.3 is 9.88 Å². The molecule has 136 valence electrons. The molecule has 0 radical (unpaired) electrons. The summed E-state index contributed by atoms with van der Waals surface area (Å²) in [6.45, 7) is 0.561. The number of para-hydroxylation sites is 1. The Morgan fingerprint density at radius 1 is 1.07 bits per heavy atom. The van der Waals surface area contributed by atoms with Gasteiger partial charge in [0.05, 0.1) is 0 Å². The Bertz CT molecular complexity index is 1030. The van der Waals surface area contributed by atoms with E-state index in [0.29, 0.717) is 13.0 Å². The first-order chi connectivity index (χ1) is 13.2. The number of hydrogen-bond acceptors (Lipinski definition) is 2. The molecule has 0 saturated heterocycles. The van der Waals surface area contributed by atoms with Gasteiger partial charge in [0, 0.05) is 43.0 Å². The summed E-state index contributed by atoms with van der Waals surface area (Å²) in [5, 5.41) is 8.52. The second-order valence-corrected chi connectivity index (χ2v) is 7.57. The minimum Gasteiger partial charge on any atom is -0.352 e. The normalized spacial score (nSPS) is 12.2. The zero-order valence-corrected chi connectivity index (χ0v) is 16.1. The number of nitrogens with one attached hydrogen (secondary N) is 1. The Balaban J connectivity index is 1.59. The van der Waals surface area contributed by atoms with Crippen molar-refractivity contribution in [2.24, 2.45) is 7.05 Å². The topological polar surface area (TPSA) is 34.0 Å². The van der Waals surface area contributed by atoms with Crippen LogP contribution in [0, 0.1) is 0 Å². The van der Waals surface area contributed by atoms with Gasteiger partial charge in [-0.15, -0.1) is 0 Å². The van der Waals surface area contributed by atoms with Crippen molar-refractivity contribution in [1.82, 2.24) is 9.88 Å². The molecule has 2 aromatic heterocycles. The van der Waals surface area contributed by atoms with Crippen LogP contribution >= 0.6 is 11.3 Å². The molecule has 0 fully saturated rings. The third kappa shape index (κ3) is 3.81. The van der Waals surface area contributed by atoms with E-state index in [1.807, 2.05) is 30.3 Å². The number of aromatic nitrogens is 1. The van der Waals surface area contributed by atoms with Crippen LogP contribution in [0.25, 0.3) is 10.9 Å². The second kappa shape index (κ2) is 7.80. The maximum atomic E-state index is 12.7. The van der Waals surface area contributed by atoms with Gasteiger partial charge in [-0.05, 0) is 39.6 Å². The lowest BCUT2D eigenvalue weighted by atomic mass is 9.89. The van der Waals surface area contributed by atoms with Gasteiger partial charge in [-0.1, -0.05) is 48.5 Å². The van der Waals surface area contributed by atoms with Gasteiger partial charge in [-0.3, -0.25) is 4.79 Å². The van der Waals surface area contributed by atoms with Crippen molar-refractivity contribution in [1.29, 1.82) is 0 Å². The van der Waals surface area contributed by atoms with Gasteiger partial charge in [-0.25, -0.2) is 0 Å². The standard InChI is InChI=1S/C23H22N2OS/c1-25-15-21(19-9-5-6-10-22(19)25)20(18-11-12-27-16-18)13-23(26)24-14-17-7-3-2-4-8-17/h2-12,15-16,20H,13-14H2,1H3,(H,24,26). The number of fused-ring (bicyclic) bond motifs is 1. The quantitative estimate of drug-likeness (QED) is 0.502. The molecule has 0 aliphatic rings. The molecule has 2 aromatic carbocycles. The number of carbonyl (C=O) groups excluding carboxylic acids is 1. The summed E-state index contributed by atoms with van der Waals surface area (Å²) in [4.78, 5) is 12.7. The molecule has 4 rings (SSSR count). The Labute approximate surface area is 163 Å². The van der Waals surface area contributed by atoms with Crippen molar-refractivity contribution in [3.8, 4) is 0 Å². The fourth-order valence-electron chi connectivity index (χ4n) is 3.59. The van der Waals surface area contributed by atoms with Gasteiger partial charge in [0.1, 0.15) is 0 Å². The smallest absolute Gasteiger partial charge is 0.221 e. The zero-order valence-electron chi connectivity index (χ0n) is 15.3. The molecular formula is C23H22N2OS. The van der Waals surface area contributed by atoms with Gasteiger partial charge in [-0.2, -0.15) is 11.3 Å². The van der Waals surface area contributed by atoms with Crippen LogP contribution in [0.5, 0.6) is 0 Å². The molecule has 1 atom stereocenters. The highest BCUT2D eigenvalue weighted by molar-refractivity contribution is 7.08. The monoisotopic (exact) mass is 374 g/mol. The van der Waals surface area contributed by atoms with E-state index in [-0.39, 0.29) is 11.8 Å². The number of carbonyl (C=O) groups is 1. The Morgan fingerprint density at radius 2 is 1.85 bits per heavy atom. The molecule has 0 saturated carbocycles. The summed E-state index contributed by atoms with van der Waals surface area (Å²) in [7, 11) is 2.06. The Hall–Kier alpha value is -2.85. The van der Waals surface area contributed by atoms with Crippen LogP contribution < -0.4 is 5.32 Å². The molecular weight excluding hydrogens is 352 g/mol. The van der Waals surface area contributed by atoms with E-state index in [1.165, 1.54) is 22.0 Å². The van der Waals surface area contributed by atoms with Gasteiger partial charge in [0.2, 0.25) is 5.91 Å². The lowest BCUT2D eigenvalue weighted by Crippen LogP contribution is -2.24. The number of benzene rings is 2. The summed E-state index contributed by atoms with van der Waals surface area (Å²) in [5.41, 5.74) is 4.72. The highest BCUT2D eigenvalue weighted by Gasteiger charge is 2.22. The molecule has 1 amide bonds. The van der Waals surface area contributed by atoms with E-state index in [0.717, 1.165) is 5.56 Å². The number of rotatable bonds is 6. The maximum Gasteiger partial charge on any atom is 0.221 e. The number of nitrogens with zero attached hydrogens (tertiary/aromatic N) is 1. The lowest BCUT2D eigenvalue weighted by molar-refractivity contribution is -0.121. The SMILES string of the molecule is Cn1cc(C(CC(=O)NCc2ccccc2)c2ccsc2)c2ccccc21. The predicted molar refractivity (Wildman–Crippen MR) is 112 cm³/mol. The number of thiophene rings is 1. The molecule has 27 heavy (non-hydrogen) atoms.